The first kappa shape index (κ1) is 17.4. The molecular weight excluding hydrogens is 320 g/mol. The number of nitrogens with one attached hydrogen (secondary N) is 1. The minimum atomic E-state index is -1.19. The zero-order chi connectivity index (χ0) is 17.7. The lowest BCUT2D eigenvalue weighted by atomic mass is 10.2. The molecule has 7 heteroatoms. The predicted molar refractivity (Wildman–Crippen MR) is 82.9 cm³/mol. The van der Waals surface area contributed by atoms with Gasteiger partial charge in [-0.3, -0.25) is 4.79 Å². The standard InChI is InChI=1S/C17H15F2NO4/c1-10(16(21)20-12-5-3-4-11(18)8-12)24-17(22)14-7-6-13(23-2)9-15(14)19/h3-10H,1-2H3,(H,20,21)/t10-/m0/s1. The van der Waals surface area contributed by atoms with E-state index in [1.165, 1.54) is 44.4 Å². The maximum Gasteiger partial charge on any atom is 0.341 e. The van der Waals surface area contributed by atoms with E-state index in [9.17, 15) is 18.4 Å². The van der Waals surface area contributed by atoms with Crippen LogP contribution in [0.25, 0.3) is 0 Å². The summed E-state index contributed by atoms with van der Waals surface area (Å²) in [4.78, 5) is 23.9. The number of esters is 1. The predicted octanol–water partition coefficient (Wildman–Crippen LogP) is 3.16. The van der Waals surface area contributed by atoms with Gasteiger partial charge < -0.3 is 14.8 Å². The molecule has 2 aromatic carbocycles. The van der Waals surface area contributed by atoms with Crippen molar-refractivity contribution in [1.82, 2.24) is 0 Å². The Balaban J connectivity index is 2.01. The van der Waals surface area contributed by atoms with Gasteiger partial charge in [-0.15, -0.1) is 0 Å². The molecule has 0 heterocycles. The number of hydrogen-bond acceptors (Lipinski definition) is 4. The van der Waals surface area contributed by atoms with Crippen LogP contribution >= 0.6 is 0 Å². The highest BCUT2D eigenvalue weighted by Gasteiger charge is 2.21. The monoisotopic (exact) mass is 335 g/mol. The van der Waals surface area contributed by atoms with E-state index >= 15 is 0 Å². The molecule has 0 aromatic heterocycles. The van der Waals surface area contributed by atoms with Crippen LogP contribution in [0, 0.1) is 11.6 Å². The molecule has 1 N–H and O–H groups in total. The van der Waals surface area contributed by atoms with Gasteiger partial charge >= 0.3 is 5.97 Å². The zero-order valence-corrected chi connectivity index (χ0v) is 13.0. The molecule has 0 radical (unpaired) electrons. The molecule has 1 amide bonds. The highest BCUT2D eigenvalue weighted by atomic mass is 19.1. The summed E-state index contributed by atoms with van der Waals surface area (Å²) < 4.78 is 36.6. The molecule has 0 aliphatic rings. The fraction of sp³-hybridized carbons (Fsp3) is 0.176. The molecule has 0 spiro atoms. The third-order valence-electron chi connectivity index (χ3n) is 3.14. The molecule has 0 aliphatic heterocycles. The van der Waals surface area contributed by atoms with Crippen molar-refractivity contribution < 1.29 is 27.8 Å². The van der Waals surface area contributed by atoms with Crippen LogP contribution in [0.1, 0.15) is 17.3 Å². The Morgan fingerprint density at radius 3 is 2.50 bits per heavy atom. The molecule has 0 saturated carbocycles. The third kappa shape index (κ3) is 4.28. The second kappa shape index (κ2) is 7.54. The summed E-state index contributed by atoms with van der Waals surface area (Å²) in [5, 5.41) is 2.40. The number of ether oxygens (including phenoxy) is 2. The van der Waals surface area contributed by atoms with Crippen LogP contribution in [0.2, 0.25) is 0 Å². The minimum absolute atomic E-state index is 0.221. The van der Waals surface area contributed by atoms with Gasteiger partial charge in [0.25, 0.3) is 5.91 Å². The summed E-state index contributed by atoms with van der Waals surface area (Å²) in [5.74, 6) is -2.74. The number of methoxy groups -OCH3 is 1. The smallest absolute Gasteiger partial charge is 0.341 e. The molecule has 1 atom stereocenters. The van der Waals surface area contributed by atoms with E-state index in [0.717, 1.165) is 12.1 Å². The van der Waals surface area contributed by atoms with Gasteiger partial charge in [0.05, 0.1) is 12.7 Å². The van der Waals surface area contributed by atoms with Crippen molar-refractivity contribution in [2.75, 3.05) is 12.4 Å². The van der Waals surface area contributed by atoms with Crippen LogP contribution in [0.3, 0.4) is 0 Å². The Labute approximate surface area is 137 Å². The first-order chi connectivity index (χ1) is 11.4. The van der Waals surface area contributed by atoms with E-state index < -0.39 is 29.6 Å². The molecule has 0 bridgehead atoms. The first-order valence-electron chi connectivity index (χ1n) is 7.01. The normalized spacial score (nSPS) is 11.5. The van der Waals surface area contributed by atoms with Gasteiger partial charge in [-0.25, -0.2) is 13.6 Å². The maximum absolute atomic E-state index is 13.8. The average Bonchev–Trinajstić information content (AvgIpc) is 2.54. The van der Waals surface area contributed by atoms with Crippen LogP contribution in [-0.4, -0.2) is 25.1 Å². The van der Waals surface area contributed by atoms with Gasteiger partial charge in [-0.05, 0) is 37.3 Å². The van der Waals surface area contributed by atoms with Crippen molar-refractivity contribution in [3.8, 4) is 5.75 Å². The van der Waals surface area contributed by atoms with Gasteiger partial charge in [-0.2, -0.15) is 0 Å². The first-order valence-corrected chi connectivity index (χ1v) is 7.01. The van der Waals surface area contributed by atoms with Crippen LogP contribution in [0.15, 0.2) is 42.5 Å². The molecule has 0 unspecified atom stereocenters. The van der Waals surface area contributed by atoms with Crippen molar-refractivity contribution in [1.29, 1.82) is 0 Å². The lowest BCUT2D eigenvalue weighted by Crippen LogP contribution is -2.30. The number of hydrogen-bond donors (Lipinski definition) is 1. The van der Waals surface area contributed by atoms with Gasteiger partial charge in [0.2, 0.25) is 0 Å². The summed E-state index contributed by atoms with van der Waals surface area (Å²) in [7, 11) is 1.37. The quantitative estimate of drug-likeness (QED) is 0.853. The fourth-order valence-electron chi connectivity index (χ4n) is 1.88. The fourth-order valence-corrected chi connectivity index (χ4v) is 1.88. The van der Waals surface area contributed by atoms with E-state index in [2.05, 4.69) is 5.32 Å². The Kier molecular flexibility index (Phi) is 5.47. The SMILES string of the molecule is COc1ccc(C(=O)O[C@@H](C)C(=O)Nc2cccc(F)c2)c(F)c1. The molecule has 0 aliphatic carbocycles. The molecular formula is C17H15F2NO4. The molecule has 0 fully saturated rings. The highest BCUT2D eigenvalue weighted by molar-refractivity contribution is 5.97. The highest BCUT2D eigenvalue weighted by Crippen LogP contribution is 2.18. The van der Waals surface area contributed by atoms with Crippen molar-refractivity contribution in [2.24, 2.45) is 0 Å². The lowest BCUT2D eigenvalue weighted by molar-refractivity contribution is -0.123. The lowest BCUT2D eigenvalue weighted by Gasteiger charge is -2.14. The second-order valence-corrected chi connectivity index (χ2v) is 4.89. The van der Waals surface area contributed by atoms with Gasteiger partial charge in [-0.1, -0.05) is 6.07 Å². The average molecular weight is 335 g/mol. The number of anilines is 1. The Hall–Kier alpha value is -2.96. The van der Waals surface area contributed by atoms with Crippen LogP contribution in [0.4, 0.5) is 14.5 Å². The molecule has 0 saturated heterocycles. The van der Waals surface area contributed by atoms with E-state index in [4.69, 9.17) is 9.47 Å². The zero-order valence-electron chi connectivity index (χ0n) is 13.0. The summed E-state index contributed by atoms with van der Waals surface area (Å²) >= 11 is 0. The molecule has 5 nitrogen and oxygen atoms in total. The summed E-state index contributed by atoms with van der Waals surface area (Å²) in [6.45, 7) is 1.33. The largest absolute Gasteiger partial charge is 0.497 e. The van der Waals surface area contributed by atoms with Gasteiger partial charge in [0.15, 0.2) is 6.10 Å². The maximum atomic E-state index is 13.8. The van der Waals surface area contributed by atoms with Crippen molar-refractivity contribution in [3.63, 3.8) is 0 Å². The molecule has 2 aromatic rings. The van der Waals surface area contributed by atoms with E-state index in [1.807, 2.05) is 0 Å². The summed E-state index contributed by atoms with van der Waals surface area (Å²) in [6, 6.07) is 8.90. The van der Waals surface area contributed by atoms with Crippen LogP contribution in [-0.2, 0) is 9.53 Å². The van der Waals surface area contributed by atoms with Crippen molar-refractivity contribution in [3.05, 3.63) is 59.7 Å². The third-order valence-corrected chi connectivity index (χ3v) is 3.14. The Morgan fingerprint density at radius 1 is 1.12 bits per heavy atom. The van der Waals surface area contributed by atoms with Gasteiger partial charge in [0.1, 0.15) is 17.4 Å². The van der Waals surface area contributed by atoms with E-state index in [0.29, 0.717) is 0 Å². The second-order valence-electron chi connectivity index (χ2n) is 4.89. The number of benzene rings is 2. The number of amides is 1. The topological polar surface area (TPSA) is 64.6 Å². The van der Waals surface area contributed by atoms with E-state index in [1.54, 1.807) is 0 Å². The molecule has 2 rings (SSSR count). The Bertz CT molecular complexity index is 764. The number of carbonyl (C=O) groups is 2. The van der Waals surface area contributed by atoms with Crippen molar-refractivity contribution in [2.45, 2.75) is 13.0 Å². The minimum Gasteiger partial charge on any atom is -0.497 e. The van der Waals surface area contributed by atoms with E-state index in [-0.39, 0.29) is 17.0 Å². The van der Waals surface area contributed by atoms with Crippen LogP contribution < -0.4 is 10.1 Å². The number of carbonyl (C=O) groups excluding carboxylic acids is 2. The number of halogens is 2. The molecule has 126 valence electrons. The molecule has 24 heavy (non-hydrogen) atoms. The number of rotatable bonds is 5. The Morgan fingerprint density at radius 2 is 1.88 bits per heavy atom. The summed E-state index contributed by atoms with van der Waals surface area (Å²) in [5.41, 5.74) is -0.0975. The van der Waals surface area contributed by atoms with Crippen LogP contribution in [0.5, 0.6) is 5.75 Å². The van der Waals surface area contributed by atoms with Crippen molar-refractivity contribution >= 4 is 17.6 Å². The summed E-state index contributed by atoms with van der Waals surface area (Å²) in [6.07, 6.45) is -1.19. The van der Waals surface area contributed by atoms with Gasteiger partial charge in [0, 0.05) is 11.8 Å².